The molecule has 1 aliphatic heterocycles. The minimum atomic E-state index is 0.0609. The number of hydrogen-bond donors (Lipinski definition) is 1. The van der Waals surface area contributed by atoms with Gasteiger partial charge in [0.2, 0.25) is 0 Å². The van der Waals surface area contributed by atoms with Gasteiger partial charge in [-0.25, -0.2) is 4.79 Å². The summed E-state index contributed by atoms with van der Waals surface area (Å²) in [6.45, 7) is 6.42. The fourth-order valence-electron chi connectivity index (χ4n) is 1.96. The van der Waals surface area contributed by atoms with Crippen molar-refractivity contribution in [1.29, 1.82) is 0 Å². The predicted octanol–water partition coefficient (Wildman–Crippen LogP) is 1.46. The summed E-state index contributed by atoms with van der Waals surface area (Å²) in [6, 6.07) is 0.270. The second-order valence-corrected chi connectivity index (χ2v) is 4.51. The Labute approximate surface area is 92.0 Å². The molecule has 0 aromatic heterocycles. The van der Waals surface area contributed by atoms with Crippen LogP contribution in [0.15, 0.2) is 0 Å². The minimum Gasteiger partial charge on any atom is -0.384 e. The lowest BCUT2D eigenvalue weighted by Gasteiger charge is -2.32. The lowest BCUT2D eigenvalue weighted by molar-refractivity contribution is 0.0999. The standard InChI is InChI=1S/C11H22N2O2/c1-9(2)12-11(14)13-6-4-5-10(7-13)8-15-3/h9-10H,4-8H2,1-3H3,(H,12,14). The van der Waals surface area contributed by atoms with Crippen molar-refractivity contribution < 1.29 is 9.53 Å². The van der Waals surface area contributed by atoms with E-state index in [4.69, 9.17) is 4.74 Å². The molecule has 4 heteroatoms. The summed E-state index contributed by atoms with van der Waals surface area (Å²) in [5.74, 6) is 0.502. The number of rotatable bonds is 3. The average molecular weight is 214 g/mol. The molecule has 0 saturated carbocycles. The van der Waals surface area contributed by atoms with Crippen LogP contribution >= 0.6 is 0 Å². The van der Waals surface area contributed by atoms with E-state index in [9.17, 15) is 4.79 Å². The summed E-state index contributed by atoms with van der Waals surface area (Å²) < 4.78 is 5.13. The van der Waals surface area contributed by atoms with Gasteiger partial charge in [0.1, 0.15) is 0 Å². The lowest BCUT2D eigenvalue weighted by atomic mass is 9.99. The molecule has 0 radical (unpaired) electrons. The molecule has 1 unspecified atom stereocenters. The Morgan fingerprint density at radius 2 is 2.33 bits per heavy atom. The Hall–Kier alpha value is -0.770. The van der Waals surface area contributed by atoms with Gasteiger partial charge in [0.15, 0.2) is 0 Å². The number of piperidine rings is 1. The molecule has 1 saturated heterocycles. The fraction of sp³-hybridized carbons (Fsp3) is 0.909. The first-order chi connectivity index (χ1) is 7.13. The van der Waals surface area contributed by atoms with Crippen LogP contribution in [0.5, 0.6) is 0 Å². The summed E-state index contributed by atoms with van der Waals surface area (Å²) in [4.78, 5) is 13.6. The van der Waals surface area contributed by atoms with Crippen LogP contribution in [0.2, 0.25) is 0 Å². The lowest BCUT2D eigenvalue weighted by Crippen LogP contribution is -2.48. The number of hydrogen-bond acceptors (Lipinski definition) is 2. The summed E-state index contributed by atoms with van der Waals surface area (Å²) in [7, 11) is 1.72. The van der Waals surface area contributed by atoms with Gasteiger partial charge in [-0.15, -0.1) is 0 Å². The third kappa shape index (κ3) is 4.08. The van der Waals surface area contributed by atoms with Gasteiger partial charge in [-0.05, 0) is 26.7 Å². The first-order valence-electron chi connectivity index (χ1n) is 5.68. The van der Waals surface area contributed by atoms with E-state index in [1.165, 1.54) is 6.42 Å². The van der Waals surface area contributed by atoms with Gasteiger partial charge in [0.05, 0.1) is 6.61 Å². The van der Waals surface area contributed by atoms with Crippen LogP contribution in [-0.2, 0) is 4.74 Å². The summed E-state index contributed by atoms with van der Waals surface area (Å²) in [5.41, 5.74) is 0. The Morgan fingerprint density at radius 3 is 2.93 bits per heavy atom. The molecule has 0 bridgehead atoms. The molecule has 1 aliphatic rings. The molecule has 1 fully saturated rings. The fourth-order valence-corrected chi connectivity index (χ4v) is 1.96. The second-order valence-electron chi connectivity index (χ2n) is 4.51. The van der Waals surface area contributed by atoms with E-state index < -0.39 is 0 Å². The topological polar surface area (TPSA) is 41.6 Å². The largest absolute Gasteiger partial charge is 0.384 e. The van der Waals surface area contributed by atoms with Gasteiger partial charge >= 0.3 is 6.03 Å². The highest BCUT2D eigenvalue weighted by molar-refractivity contribution is 5.74. The predicted molar refractivity (Wildman–Crippen MR) is 59.8 cm³/mol. The minimum absolute atomic E-state index is 0.0609. The molecule has 0 aromatic carbocycles. The third-order valence-corrected chi connectivity index (χ3v) is 2.62. The normalized spacial score (nSPS) is 21.9. The highest BCUT2D eigenvalue weighted by atomic mass is 16.5. The van der Waals surface area contributed by atoms with Crippen LogP contribution < -0.4 is 5.32 Å². The monoisotopic (exact) mass is 214 g/mol. The number of methoxy groups -OCH3 is 1. The molecule has 2 amide bonds. The van der Waals surface area contributed by atoms with Crippen molar-refractivity contribution in [3.63, 3.8) is 0 Å². The molecule has 15 heavy (non-hydrogen) atoms. The highest BCUT2D eigenvalue weighted by Crippen LogP contribution is 2.16. The number of nitrogens with zero attached hydrogens (tertiary/aromatic N) is 1. The van der Waals surface area contributed by atoms with Crippen LogP contribution in [0.1, 0.15) is 26.7 Å². The van der Waals surface area contributed by atoms with Gasteiger partial charge in [-0.3, -0.25) is 0 Å². The van der Waals surface area contributed by atoms with Gasteiger partial charge in [-0.1, -0.05) is 0 Å². The Kier molecular flexibility index (Phi) is 4.88. The van der Waals surface area contributed by atoms with Crippen molar-refractivity contribution >= 4 is 6.03 Å². The van der Waals surface area contributed by atoms with Crippen molar-refractivity contribution in [1.82, 2.24) is 10.2 Å². The van der Waals surface area contributed by atoms with E-state index in [1.54, 1.807) is 7.11 Å². The first-order valence-corrected chi connectivity index (χ1v) is 5.68. The summed E-state index contributed by atoms with van der Waals surface area (Å²) in [5, 5.41) is 2.92. The Balaban J connectivity index is 2.38. The van der Waals surface area contributed by atoms with Crippen LogP contribution in [0.4, 0.5) is 4.79 Å². The van der Waals surface area contributed by atoms with Gasteiger partial charge in [-0.2, -0.15) is 0 Å². The first kappa shape index (κ1) is 12.3. The number of carbonyl (C=O) groups is 1. The number of amides is 2. The van der Waals surface area contributed by atoms with Crippen molar-refractivity contribution in [2.75, 3.05) is 26.8 Å². The smallest absolute Gasteiger partial charge is 0.317 e. The van der Waals surface area contributed by atoms with Gasteiger partial charge in [0.25, 0.3) is 0 Å². The third-order valence-electron chi connectivity index (χ3n) is 2.62. The van der Waals surface area contributed by atoms with Crippen LogP contribution in [-0.4, -0.2) is 43.8 Å². The molecule has 1 atom stereocenters. The maximum atomic E-state index is 11.7. The van der Waals surface area contributed by atoms with E-state index >= 15 is 0 Å². The van der Waals surface area contributed by atoms with Crippen molar-refractivity contribution in [2.45, 2.75) is 32.7 Å². The number of nitrogens with one attached hydrogen (secondary N) is 1. The van der Waals surface area contributed by atoms with E-state index in [0.717, 1.165) is 26.1 Å². The van der Waals surface area contributed by atoms with Crippen LogP contribution in [0.3, 0.4) is 0 Å². The molecule has 1 N–H and O–H groups in total. The Morgan fingerprint density at radius 1 is 1.60 bits per heavy atom. The molecule has 88 valence electrons. The van der Waals surface area contributed by atoms with E-state index in [-0.39, 0.29) is 12.1 Å². The number of urea groups is 1. The van der Waals surface area contributed by atoms with Crippen LogP contribution in [0.25, 0.3) is 0 Å². The van der Waals surface area contributed by atoms with Gasteiger partial charge < -0.3 is 15.0 Å². The van der Waals surface area contributed by atoms with Crippen molar-refractivity contribution in [3.05, 3.63) is 0 Å². The van der Waals surface area contributed by atoms with Gasteiger partial charge in [0, 0.05) is 32.2 Å². The average Bonchev–Trinajstić information content (AvgIpc) is 2.17. The maximum absolute atomic E-state index is 11.7. The molecule has 0 spiro atoms. The van der Waals surface area contributed by atoms with Crippen LogP contribution in [0, 0.1) is 5.92 Å². The molecule has 1 rings (SSSR count). The quantitative estimate of drug-likeness (QED) is 0.773. The Bertz CT molecular complexity index is 205. The molecule has 1 heterocycles. The number of ether oxygens (including phenoxy) is 1. The van der Waals surface area contributed by atoms with Crippen molar-refractivity contribution in [2.24, 2.45) is 5.92 Å². The highest BCUT2D eigenvalue weighted by Gasteiger charge is 2.23. The zero-order chi connectivity index (χ0) is 11.3. The zero-order valence-corrected chi connectivity index (χ0v) is 9.95. The maximum Gasteiger partial charge on any atom is 0.317 e. The summed E-state index contributed by atoms with van der Waals surface area (Å²) in [6.07, 6.45) is 2.25. The van der Waals surface area contributed by atoms with Crippen molar-refractivity contribution in [3.8, 4) is 0 Å². The number of carbonyl (C=O) groups excluding carboxylic acids is 1. The van der Waals surface area contributed by atoms with E-state index in [0.29, 0.717) is 5.92 Å². The summed E-state index contributed by atoms with van der Waals surface area (Å²) >= 11 is 0. The molecular formula is C11H22N2O2. The zero-order valence-electron chi connectivity index (χ0n) is 9.95. The van der Waals surface area contributed by atoms with E-state index in [1.807, 2.05) is 18.7 Å². The number of likely N-dealkylation sites (tertiary alicyclic amines) is 1. The molecule has 0 aliphatic carbocycles. The molecule has 4 nitrogen and oxygen atoms in total. The molecule has 0 aromatic rings. The molecular weight excluding hydrogens is 192 g/mol. The SMILES string of the molecule is COCC1CCCN(C(=O)NC(C)C)C1. The second kappa shape index (κ2) is 5.95. The van der Waals surface area contributed by atoms with E-state index in [2.05, 4.69) is 5.32 Å².